The van der Waals surface area contributed by atoms with Gasteiger partial charge in [0.15, 0.2) is 5.11 Å². The molecule has 2 rings (SSSR count). The first-order chi connectivity index (χ1) is 10.1. The minimum absolute atomic E-state index is 0.205. The largest absolute Gasteiger partial charge is 0.356 e. The first kappa shape index (κ1) is 15.4. The molecule has 4 heteroatoms. The maximum atomic E-state index is 5.40. The van der Waals surface area contributed by atoms with Crippen LogP contribution in [0.2, 0.25) is 0 Å². The molecule has 2 N–H and O–H groups in total. The summed E-state index contributed by atoms with van der Waals surface area (Å²) >= 11 is 5.40. The molecule has 0 aliphatic heterocycles. The normalized spacial score (nSPS) is 11.8. The van der Waals surface area contributed by atoms with Crippen LogP contribution < -0.4 is 10.6 Å². The van der Waals surface area contributed by atoms with E-state index < -0.39 is 0 Å². The monoisotopic (exact) mass is 299 g/mol. The summed E-state index contributed by atoms with van der Waals surface area (Å²) < 4.78 is 0. The highest BCUT2D eigenvalue weighted by Crippen LogP contribution is 2.20. The van der Waals surface area contributed by atoms with Crippen molar-refractivity contribution in [3.63, 3.8) is 0 Å². The van der Waals surface area contributed by atoms with E-state index in [1.807, 2.05) is 25.1 Å². The van der Waals surface area contributed by atoms with Gasteiger partial charge in [0.25, 0.3) is 0 Å². The molecule has 2 aromatic rings. The van der Waals surface area contributed by atoms with Gasteiger partial charge in [-0.15, -0.1) is 0 Å². The van der Waals surface area contributed by atoms with Gasteiger partial charge in [0.1, 0.15) is 5.82 Å². The summed E-state index contributed by atoms with van der Waals surface area (Å²) in [6, 6.07) is 14.4. The number of benzene rings is 1. The molecule has 0 unspecified atom stereocenters. The molecule has 0 fully saturated rings. The molecule has 0 aliphatic carbocycles. The van der Waals surface area contributed by atoms with Gasteiger partial charge in [-0.1, -0.05) is 37.3 Å². The van der Waals surface area contributed by atoms with Crippen molar-refractivity contribution in [1.82, 2.24) is 10.3 Å². The molecule has 0 saturated heterocycles. The van der Waals surface area contributed by atoms with Crippen LogP contribution in [0.15, 0.2) is 42.5 Å². The Bertz CT molecular complexity index is 625. The molecule has 1 atom stereocenters. The molecule has 0 bridgehead atoms. The molecule has 21 heavy (non-hydrogen) atoms. The fraction of sp³-hybridized carbons (Fsp3) is 0.294. The van der Waals surface area contributed by atoms with Crippen LogP contribution in [0.3, 0.4) is 0 Å². The Labute approximate surface area is 131 Å². The number of pyridine rings is 1. The molecule has 1 aromatic heterocycles. The van der Waals surface area contributed by atoms with Crippen LogP contribution in [-0.2, 0) is 0 Å². The summed E-state index contributed by atoms with van der Waals surface area (Å²) in [5.74, 6) is 0.770. The van der Waals surface area contributed by atoms with E-state index in [-0.39, 0.29) is 6.04 Å². The lowest BCUT2D eigenvalue weighted by Crippen LogP contribution is -2.32. The molecule has 0 amide bonds. The van der Waals surface area contributed by atoms with E-state index in [2.05, 4.69) is 53.7 Å². The molecule has 0 spiro atoms. The van der Waals surface area contributed by atoms with Crippen molar-refractivity contribution in [3.8, 4) is 0 Å². The third-order valence-electron chi connectivity index (χ3n) is 3.41. The van der Waals surface area contributed by atoms with Gasteiger partial charge in [0.2, 0.25) is 0 Å². The summed E-state index contributed by atoms with van der Waals surface area (Å²) in [7, 11) is 0. The Morgan fingerprint density at radius 1 is 1.14 bits per heavy atom. The van der Waals surface area contributed by atoms with Crippen molar-refractivity contribution in [3.05, 3.63) is 59.3 Å². The predicted molar refractivity (Wildman–Crippen MR) is 92.5 cm³/mol. The number of nitrogens with zero attached hydrogens (tertiary/aromatic N) is 1. The van der Waals surface area contributed by atoms with Crippen molar-refractivity contribution >= 4 is 23.1 Å². The van der Waals surface area contributed by atoms with Crippen LogP contribution in [-0.4, -0.2) is 10.1 Å². The summed E-state index contributed by atoms with van der Waals surface area (Å²) in [6.07, 6.45) is 0.966. The lowest BCUT2D eigenvalue weighted by atomic mass is 10.00. The molecule has 1 aromatic carbocycles. The van der Waals surface area contributed by atoms with E-state index in [1.54, 1.807) is 0 Å². The zero-order chi connectivity index (χ0) is 15.2. The average Bonchev–Trinajstić information content (AvgIpc) is 2.45. The molecule has 3 nitrogen and oxygen atoms in total. The lowest BCUT2D eigenvalue weighted by Gasteiger charge is -2.21. The Morgan fingerprint density at radius 2 is 1.90 bits per heavy atom. The van der Waals surface area contributed by atoms with Crippen molar-refractivity contribution < 1.29 is 0 Å². The number of anilines is 1. The third-order valence-corrected chi connectivity index (χ3v) is 3.63. The number of nitrogens with one attached hydrogen (secondary N) is 2. The van der Waals surface area contributed by atoms with Crippen molar-refractivity contribution in [2.45, 2.75) is 33.2 Å². The van der Waals surface area contributed by atoms with Gasteiger partial charge in [-0.25, -0.2) is 4.98 Å². The first-order valence-corrected chi connectivity index (χ1v) is 7.57. The van der Waals surface area contributed by atoms with Crippen LogP contribution in [0, 0.1) is 13.8 Å². The van der Waals surface area contributed by atoms with Gasteiger partial charge in [-0.05, 0) is 55.7 Å². The van der Waals surface area contributed by atoms with Crippen molar-refractivity contribution in [1.29, 1.82) is 0 Å². The highest BCUT2D eigenvalue weighted by atomic mass is 32.1. The molecule has 110 valence electrons. The topological polar surface area (TPSA) is 37.0 Å². The lowest BCUT2D eigenvalue weighted by molar-refractivity contribution is 0.625. The number of aromatic nitrogens is 1. The minimum Gasteiger partial charge on any atom is -0.356 e. The van der Waals surface area contributed by atoms with Crippen molar-refractivity contribution in [2.24, 2.45) is 0 Å². The number of hydrogen-bond acceptors (Lipinski definition) is 2. The Balaban J connectivity index is 2.05. The second-order valence-corrected chi connectivity index (χ2v) is 5.49. The van der Waals surface area contributed by atoms with E-state index >= 15 is 0 Å². The second kappa shape index (κ2) is 7.18. The number of rotatable bonds is 4. The number of thiocarbonyl (C=S) groups is 1. The van der Waals surface area contributed by atoms with Gasteiger partial charge in [0.05, 0.1) is 6.04 Å². The fourth-order valence-electron chi connectivity index (χ4n) is 2.30. The van der Waals surface area contributed by atoms with Crippen LogP contribution in [0.25, 0.3) is 0 Å². The van der Waals surface area contributed by atoms with E-state index in [9.17, 15) is 0 Å². The van der Waals surface area contributed by atoms with Gasteiger partial charge in [-0.2, -0.15) is 0 Å². The summed E-state index contributed by atoms with van der Waals surface area (Å²) in [5, 5.41) is 7.12. The van der Waals surface area contributed by atoms with Crippen molar-refractivity contribution in [2.75, 3.05) is 5.32 Å². The maximum Gasteiger partial charge on any atom is 0.172 e. The van der Waals surface area contributed by atoms with E-state index in [0.29, 0.717) is 5.11 Å². The Kier molecular flexibility index (Phi) is 5.28. The summed E-state index contributed by atoms with van der Waals surface area (Å²) in [6.45, 7) is 6.24. The highest BCUT2D eigenvalue weighted by Gasteiger charge is 2.12. The fourth-order valence-corrected chi connectivity index (χ4v) is 2.55. The summed E-state index contributed by atoms with van der Waals surface area (Å²) in [5.41, 5.74) is 3.52. The standard InChI is InChI=1S/C17H21N3S/c1-4-15(14-10-6-5-8-12(14)2)19-17(21)20-16-11-7-9-13(3)18-16/h5-11,15H,4H2,1-3H3,(H2,18,19,20,21)/t15-/m0/s1. The van der Waals surface area contributed by atoms with Gasteiger partial charge in [0, 0.05) is 5.69 Å². The number of hydrogen-bond donors (Lipinski definition) is 2. The second-order valence-electron chi connectivity index (χ2n) is 5.08. The Hall–Kier alpha value is -1.94. The molecular weight excluding hydrogens is 278 g/mol. The molecule has 0 aliphatic rings. The zero-order valence-corrected chi connectivity index (χ0v) is 13.5. The summed E-state index contributed by atoms with van der Waals surface area (Å²) in [4.78, 5) is 4.40. The van der Waals surface area contributed by atoms with E-state index in [0.717, 1.165) is 17.9 Å². The van der Waals surface area contributed by atoms with E-state index in [1.165, 1.54) is 11.1 Å². The van der Waals surface area contributed by atoms with Crippen LogP contribution in [0.5, 0.6) is 0 Å². The quantitative estimate of drug-likeness (QED) is 0.832. The average molecular weight is 299 g/mol. The molecule has 0 radical (unpaired) electrons. The van der Waals surface area contributed by atoms with Crippen LogP contribution >= 0.6 is 12.2 Å². The highest BCUT2D eigenvalue weighted by molar-refractivity contribution is 7.80. The zero-order valence-electron chi connectivity index (χ0n) is 12.7. The van der Waals surface area contributed by atoms with Crippen LogP contribution in [0.4, 0.5) is 5.82 Å². The smallest absolute Gasteiger partial charge is 0.172 e. The molecule has 0 saturated carbocycles. The third kappa shape index (κ3) is 4.26. The van der Waals surface area contributed by atoms with Crippen LogP contribution in [0.1, 0.15) is 36.2 Å². The van der Waals surface area contributed by atoms with Gasteiger partial charge >= 0.3 is 0 Å². The van der Waals surface area contributed by atoms with Gasteiger partial charge < -0.3 is 10.6 Å². The molecular formula is C17H21N3S. The molecule has 1 heterocycles. The van der Waals surface area contributed by atoms with Gasteiger partial charge in [-0.3, -0.25) is 0 Å². The minimum atomic E-state index is 0.205. The first-order valence-electron chi connectivity index (χ1n) is 7.17. The number of aryl methyl sites for hydroxylation is 2. The maximum absolute atomic E-state index is 5.40. The van der Waals surface area contributed by atoms with E-state index in [4.69, 9.17) is 12.2 Å². The predicted octanol–water partition coefficient (Wildman–Crippen LogP) is 4.14. The SMILES string of the molecule is CC[C@H](NC(=S)Nc1cccc(C)n1)c1ccccc1C. The Morgan fingerprint density at radius 3 is 2.57 bits per heavy atom.